The predicted octanol–water partition coefficient (Wildman–Crippen LogP) is 2.06. The fourth-order valence-electron chi connectivity index (χ4n) is 2.07. The first-order valence-electron chi connectivity index (χ1n) is 6.18. The molecule has 3 heteroatoms. The predicted molar refractivity (Wildman–Crippen MR) is 70.7 cm³/mol. The zero-order valence-electron chi connectivity index (χ0n) is 10.5. The molecule has 0 aromatic heterocycles. The first kappa shape index (κ1) is 13.3. The number of nitrogens with one attached hydrogen (secondary N) is 1. The van der Waals surface area contributed by atoms with Gasteiger partial charge in [-0.2, -0.15) is 11.8 Å². The summed E-state index contributed by atoms with van der Waals surface area (Å²) >= 11 is 1.96. The highest BCUT2D eigenvalue weighted by atomic mass is 32.2. The lowest BCUT2D eigenvalue weighted by atomic mass is 10.0. The molecular weight excluding hydrogens is 204 g/mol. The van der Waals surface area contributed by atoms with Crippen LogP contribution >= 0.6 is 11.8 Å². The second-order valence-corrected chi connectivity index (χ2v) is 5.79. The van der Waals surface area contributed by atoms with Crippen molar-refractivity contribution in [2.45, 2.75) is 32.7 Å². The Morgan fingerprint density at radius 2 is 2.20 bits per heavy atom. The van der Waals surface area contributed by atoms with Crippen LogP contribution in [-0.2, 0) is 0 Å². The van der Waals surface area contributed by atoms with Crippen LogP contribution < -0.4 is 5.32 Å². The van der Waals surface area contributed by atoms with Gasteiger partial charge in [-0.15, -0.1) is 0 Å². The summed E-state index contributed by atoms with van der Waals surface area (Å²) in [6.45, 7) is 9.58. The zero-order chi connectivity index (χ0) is 11.1. The highest BCUT2D eigenvalue weighted by Crippen LogP contribution is 2.09. The third-order valence-corrected chi connectivity index (χ3v) is 3.86. The summed E-state index contributed by atoms with van der Waals surface area (Å²) in [4.78, 5) is 2.63. The van der Waals surface area contributed by atoms with Gasteiger partial charge in [0, 0.05) is 25.7 Å². The molecule has 1 atom stereocenters. The Bertz CT molecular complexity index is 162. The van der Waals surface area contributed by atoms with Crippen molar-refractivity contribution in [3.63, 3.8) is 0 Å². The van der Waals surface area contributed by atoms with Crippen molar-refractivity contribution in [3.8, 4) is 0 Å². The Labute approximate surface area is 99.2 Å². The molecule has 0 aromatic carbocycles. The van der Waals surface area contributed by atoms with E-state index in [1.807, 2.05) is 11.8 Å². The number of thioether (sulfide) groups is 1. The molecule has 0 aliphatic carbocycles. The van der Waals surface area contributed by atoms with E-state index in [9.17, 15) is 0 Å². The zero-order valence-corrected chi connectivity index (χ0v) is 11.3. The molecule has 0 amide bonds. The number of nitrogens with zero attached hydrogens (tertiary/aromatic N) is 1. The Morgan fingerprint density at radius 3 is 2.87 bits per heavy atom. The van der Waals surface area contributed by atoms with Crippen LogP contribution in [0, 0.1) is 5.92 Å². The Kier molecular flexibility index (Phi) is 6.69. The summed E-state index contributed by atoms with van der Waals surface area (Å²) in [5, 5.41) is 3.60. The van der Waals surface area contributed by atoms with Crippen molar-refractivity contribution in [1.29, 1.82) is 0 Å². The van der Waals surface area contributed by atoms with E-state index in [0.29, 0.717) is 6.04 Å². The van der Waals surface area contributed by atoms with E-state index in [1.54, 1.807) is 0 Å². The summed E-state index contributed by atoms with van der Waals surface area (Å²) < 4.78 is 0. The minimum Gasteiger partial charge on any atom is -0.311 e. The second kappa shape index (κ2) is 7.53. The van der Waals surface area contributed by atoms with Gasteiger partial charge in [-0.05, 0) is 37.3 Å². The molecule has 15 heavy (non-hydrogen) atoms. The Morgan fingerprint density at radius 1 is 1.40 bits per heavy atom. The van der Waals surface area contributed by atoms with Crippen LogP contribution in [-0.4, -0.2) is 49.1 Å². The Balaban J connectivity index is 2.13. The van der Waals surface area contributed by atoms with Gasteiger partial charge in [0.25, 0.3) is 0 Å². The van der Waals surface area contributed by atoms with Crippen molar-refractivity contribution in [2.24, 2.45) is 5.92 Å². The summed E-state index contributed by atoms with van der Waals surface area (Å²) in [5.74, 6) is 2.08. The normalized spacial score (nSPS) is 23.6. The standard InChI is InChI=1S/C12H26N2S/c1-11(2)12-10-14(8-6-13-12)7-4-5-9-15-3/h11-13H,4-10H2,1-3H3. The quantitative estimate of drug-likeness (QED) is 0.703. The number of piperazine rings is 1. The molecule has 1 N–H and O–H groups in total. The monoisotopic (exact) mass is 230 g/mol. The van der Waals surface area contributed by atoms with Gasteiger partial charge in [0.2, 0.25) is 0 Å². The number of rotatable bonds is 6. The van der Waals surface area contributed by atoms with Crippen LogP contribution in [0.15, 0.2) is 0 Å². The molecule has 1 rings (SSSR count). The summed E-state index contributed by atoms with van der Waals surface area (Å²) in [7, 11) is 0. The molecule has 1 saturated heterocycles. The fraction of sp³-hybridized carbons (Fsp3) is 1.00. The molecule has 0 aromatic rings. The van der Waals surface area contributed by atoms with E-state index >= 15 is 0 Å². The molecule has 0 spiro atoms. The SMILES string of the molecule is CSCCCCN1CCNC(C(C)C)C1. The summed E-state index contributed by atoms with van der Waals surface area (Å²) in [5.41, 5.74) is 0. The number of hydrogen-bond donors (Lipinski definition) is 1. The van der Waals surface area contributed by atoms with Crippen molar-refractivity contribution < 1.29 is 0 Å². The maximum Gasteiger partial charge on any atom is 0.0218 e. The molecule has 0 saturated carbocycles. The molecule has 1 fully saturated rings. The average Bonchev–Trinajstić information content (AvgIpc) is 2.25. The van der Waals surface area contributed by atoms with Gasteiger partial charge in [0.15, 0.2) is 0 Å². The summed E-state index contributed by atoms with van der Waals surface area (Å²) in [6, 6.07) is 0.708. The van der Waals surface area contributed by atoms with Crippen molar-refractivity contribution in [3.05, 3.63) is 0 Å². The van der Waals surface area contributed by atoms with E-state index in [0.717, 1.165) is 5.92 Å². The highest BCUT2D eigenvalue weighted by molar-refractivity contribution is 7.98. The molecule has 1 aliphatic rings. The van der Waals surface area contributed by atoms with E-state index in [2.05, 4.69) is 30.3 Å². The number of hydrogen-bond acceptors (Lipinski definition) is 3. The summed E-state index contributed by atoms with van der Waals surface area (Å²) in [6.07, 6.45) is 4.93. The molecule has 1 heterocycles. The van der Waals surface area contributed by atoms with Crippen LogP contribution in [0.4, 0.5) is 0 Å². The van der Waals surface area contributed by atoms with Crippen LogP contribution in [0.3, 0.4) is 0 Å². The molecule has 1 unspecified atom stereocenters. The van der Waals surface area contributed by atoms with E-state index in [-0.39, 0.29) is 0 Å². The van der Waals surface area contributed by atoms with Gasteiger partial charge in [-0.3, -0.25) is 0 Å². The average molecular weight is 230 g/mol. The van der Waals surface area contributed by atoms with Crippen LogP contribution in [0.5, 0.6) is 0 Å². The third-order valence-electron chi connectivity index (χ3n) is 3.17. The lowest BCUT2D eigenvalue weighted by molar-refractivity contribution is 0.173. The maximum absolute atomic E-state index is 3.60. The first-order chi connectivity index (χ1) is 7.24. The second-order valence-electron chi connectivity index (χ2n) is 4.81. The maximum atomic E-state index is 3.60. The molecule has 90 valence electrons. The smallest absolute Gasteiger partial charge is 0.0218 e. The minimum atomic E-state index is 0.708. The van der Waals surface area contributed by atoms with E-state index < -0.39 is 0 Å². The van der Waals surface area contributed by atoms with E-state index in [1.165, 1.54) is 44.8 Å². The van der Waals surface area contributed by atoms with Crippen LogP contribution in [0.2, 0.25) is 0 Å². The van der Waals surface area contributed by atoms with Gasteiger partial charge in [0.05, 0.1) is 0 Å². The van der Waals surface area contributed by atoms with Gasteiger partial charge >= 0.3 is 0 Å². The fourth-order valence-corrected chi connectivity index (χ4v) is 2.57. The van der Waals surface area contributed by atoms with Crippen molar-refractivity contribution in [2.75, 3.05) is 38.2 Å². The van der Waals surface area contributed by atoms with Crippen LogP contribution in [0.25, 0.3) is 0 Å². The van der Waals surface area contributed by atoms with Crippen LogP contribution in [0.1, 0.15) is 26.7 Å². The Hall–Kier alpha value is 0.270. The first-order valence-corrected chi connectivity index (χ1v) is 7.58. The molecule has 0 bridgehead atoms. The van der Waals surface area contributed by atoms with Crippen molar-refractivity contribution in [1.82, 2.24) is 10.2 Å². The van der Waals surface area contributed by atoms with E-state index in [4.69, 9.17) is 0 Å². The lowest BCUT2D eigenvalue weighted by Gasteiger charge is -2.35. The van der Waals surface area contributed by atoms with Gasteiger partial charge in [-0.1, -0.05) is 13.8 Å². The number of unbranched alkanes of at least 4 members (excludes halogenated alkanes) is 1. The van der Waals surface area contributed by atoms with Crippen molar-refractivity contribution >= 4 is 11.8 Å². The van der Waals surface area contributed by atoms with Gasteiger partial charge < -0.3 is 10.2 Å². The topological polar surface area (TPSA) is 15.3 Å². The lowest BCUT2D eigenvalue weighted by Crippen LogP contribution is -2.52. The minimum absolute atomic E-state index is 0.708. The third kappa shape index (κ3) is 5.23. The molecule has 1 aliphatic heterocycles. The highest BCUT2D eigenvalue weighted by Gasteiger charge is 2.20. The van der Waals surface area contributed by atoms with Gasteiger partial charge in [0.1, 0.15) is 0 Å². The molecule has 0 radical (unpaired) electrons. The molecule has 2 nitrogen and oxygen atoms in total. The molecular formula is C12H26N2S. The van der Waals surface area contributed by atoms with Gasteiger partial charge in [-0.25, -0.2) is 0 Å². The largest absolute Gasteiger partial charge is 0.311 e.